The smallest absolute Gasteiger partial charge is 0.404 e. The van der Waals surface area contributed by atoms with E-state index in [-0.39, 0.29) is 23.6 Å². The first kappa shape index (κ1) is 33.2. The molecular formula is C36H46F2N6O3. The van der Waals surface area contributed by atoms with Crippen LogP contribution in [-0.4, -0.2) is 86.4 Å². The monoisotopic (exact) mass is 648 g/mol. The van der Waals surface area contributed by atoms with Gasteiger partial charge in [0.1, 0.15) is 18.1 Å². The zero-order valence-corrected chi connectivity index (χ0v) is 27.2. The summed E-state index contributed by atoms with van der Waals surface area (Å²) in [5, 5.41) is 12.7. The topological polar surface area (TPSA) is 115 Å². The number of hydrogen-bond donors (Lipinski definition) is 2. The molecule has 2 amide bonds. The Balaban J connectivity index is 1.12. The van der Waals surface area contributed by atoms with Crippen LogP contribution >= 0.6 is 0 Å². The highest BCUT2D eigenvalue weighted by atomic mass is 19.1. The lowest BCUT2D eigenvalue weighted by atomic mass is 9.58. The Morgan fingerprint density at radius 2 is 1.83 bits per heavy atom. The number of carbonyl (C=O) groups excluding carboxylic acids is 2. The molecule has 2 aromatic carbocycles. The van der Waals surface area contributed by atoms with E-state index in [1.165, 1.54) is 13.0 Å². The molecule has 0 bridgehead atoms. The van der Waals surface area contributed by atoms with Gasteiger partial charge in [0.05, 0.1) is 11.6 Å². The lowest BCUT2D eigenvalue weighted by Gasteiger charge is -2.51. The normalized spacial score (nSPS) is 24.2. The van der Waals surface area contributed by atoms with Gasteiger partial charge in [0.15, 0.2) is 0 Å². The number of halogens is 2. The molecule has 2 aromatic rings. The molecular weight excluding hydrogens is 602 g/mol. The Hall–Kier alpha value is -3.75. The fourth-order valence-electron chi connectivity index (χ4n) is 8.77. The number of alkyl halides is 1. The molecule has 4 aliphatic rings. The van der Waals surface area contributed by atoms with Crippen LogP contribution < -0.4 is 16.0 Å². The number of benzene rings is 2. The number of hydrogen-bond acceptors (Lipinski definition) is 7. The van der Waals surface area contributed by atoms with Crippen LogP contribution in [0.3, 0.4) is 0 Å². The maximum atomic E-state index is 14.8. The van der Waals surface area contributed by atoms with Crippen molar-refractivity contribution in [3.05, 3.63) is 65.0 Å². The number of nitrogens with two attached hydrogens (primary N) is 1. The van der Waals surface area contributed by atoms with Gasteiger partial charge in [0, 0.05) is 75.7 Å². The van der Waals surface area contributed by atoms with Crippen molar-refractivity contribution >= 4 is 17.7 Å². The second-order valence-corrected chi connectivity index (χ2v) is 14.1. The zero-order chi connectivity index (χ0) is 33.1. The van der Waals surface area contributed by atoms with E-state index >= 15 is 0 Å². The lowest BCUT2D eigenvalue weighted by Crippen LogP contribution is -2.57. The van der Waals surface area contributed by atoms with E-state index in [1.54, 1.807) is 12.1 Å². The average molecular weight is 649 g/mol. The number of rotatable bonds is 11. The summed E-state index contributed by atoms with van der Waals surface area (Å²) < 4.78 is 33.8. The summed E-state index contributed by atoms with van der Waals surface area (Å²) in [6, 6.07) is 15.0. The van der Waals surface area contributed by atoms with Gasteiger partial charge in [0.25, 0.3) is 0 Å². The van der Waals surface area contributed by atoms with Gasteiger partial charge in [0.2, 0.25) is 5.91 Å². The largest absolute Gasteiger partial charge is 0.446 e. The summed E-state index contributed by atoms with van der Waals surface area (Å²) in [7, 11) is 0. The van der Waals surface area contributed by atoms with E-state index in [4.69, 9.17) is 10.5 Å². The number of carbonyl (C=O) groups is 2. The highest BCUT2D eigenvalue weighted by Gasteiger charge is 2.53. The van der Waals surface area contributed by atoms with Crippen molar-refractivity contribution in [2.45, 2.75) is 63.3 Å². The summed E-state index contributed by atoms with van der Waals surface area (Å²) in [5.74, 6) is 0.0892. The van der Waals surface area contributed by atoms with Crippen molar-refractivity contribution < 1.29 is 23.1 Å². The molecule has 3 saturated heterocycles. The maximum Gasteiger partial charge on any atom is 0.404 e. The fraction of sp³-hybridized carbons (Fsp3) is 0.583. The highest BCUT2D eigenvalue weighted by Crippen LogP contribution is 2.51. The molecule has 0 radical (unpaired) electrons. The second kappa shape index (κ2) is 14.2. The van der Waals surface area contributed by atoms with E-state index in [0.717, 1.165) is 75.2 Å². The third kappa shape index (κ3) is 7.24. The first-order chi connectivity index (χ1) is 22.6. The summed E-state index contributed by atoms with van der Waals surface area (Å²) in [6.45, 7) is 7.92. The van der Waals surface area contributed by atoms with Crippen molar-refractivity contribution in [2.24, 2.45) is 23.5 Å². The standard InChI is InChI=1S/C36H46F2N6O3/c1-24(45)41-23-36(29-4-2-5-30(37)15-29,33-6-3-7-34(33)47-35(40)46)28-10-12-42(13-11-28)17-25-18-44(19-25)32-9-8-26(16-39)27(14-32)20-43-21-31(38)22-43/h2,4-5,8-9,14-15,25,28,31,33-34H,3,6-7,10-13,17-23H2,1H3,(H2,40,46)(H,41,45)/t33-,34-,36-/m0/s1. The van der Waals surface area contributed by atoms with E-state index in [9.17, 15) is 23.6 Å². The number of likely N-dealkylation sites (tertiary alicyclic amines) is 2. The van der Waals surface area contributed by atoms with Crippen LogP contribution in [0, 0.1) is 34.9 Å². The zero-order valence-electron chi connectivity index (χ0n) is 27.2. The predicted octanol–water partition coefficient (Wildman–Crippen LogP) is 4.34. The number of anilines is 1. The molecule has 6 rings (SSSR count). The number of amides is 2. The maximum absolute atomic E-state index is 14.8. The van der Waals surface area contributed by atoms with Crippen LogP contribution in [0.1, 0.15) is 55.7 Å². The molecule has 1 aliphatic carbocycles. The first-order valence-electron chi connectivity index (χ1n) is 17.0. The van der Waals surface area contributed by atoms with Gasteiger partial charge in [-0.15, -0.1) is 0 Å². The molecule has 47 heavy (non-hydrogen) atoms. The number of piperidine rings is 1. The molecule has 3 aliphatic heterocycles. The second-order valence-electron chi connectivity index (χ2n) is 14.1. The number of nitriles is 1. The van der Waals surface area contributed by atoms with Crippen molar-refractivity contribution in [2.75, 3.05) is 57.3 Å². The van der Waals surface area contributed by atoms with E-state index < -0.39 is 23.8 Å². The third-order valence-electron chi connectivity index (χ3n) is 11.0. The van der Waals surface area contributed by atoms with Crippen LogP contribution in [0.4, 0.5) is 19.3 Å². The number of primary amides is 1. The van der Waals surface area contributed by atoms with E-state index in [0.29, 0.717) is 44.1 Å². The Morgan fingerprint density at radius 1 is 1.06 bits per heavy atom. The summed E-state index contributed by atoms with van der Waals surface area (Å²) in [5.41, 5.74) is 8.43. The van der Waals surface area contributed by atoms with Crippen LogP contribution in [0.25, 0.3) is 0 Å². The van der Waals surface area contributed by atoms with Crippen molar-refractivity contribution in [3.8, 4) is 6.07 Å². The summed E-state index contributed by atoms with van der Waals surface area (Å²) in [4.78, 5) is 31.1. The quantitative estimate of drug-likeness (QED) is 0.373. The Morgan fingerprint density at radius 3 is 2.49 bits per heavy atom. The fourth-order valence-corrected chi connectivity index (χ4v) is 8.77. The van der Waals surface area contributed by atoms with Gasteiger partial charge >= 0.3 is 6.09 Å². The van der Waals surface area contributed by atoms with Gasteiger partial charge < -0.3 is 25.6 Å². The third-order valence-corrected chi connectivity index (χ3v) is 11.0. The van der Waals surface area contributed by atoms with E-state index in [2.05, 4.69) is 27.3 Å². The van der Waals surface area contributed by atoms with Crippen LogP contribution in [0.5, 0.6) is 0 Å². The molecule has 0 aromatic heterocycles. The van der Waals surface area contributed by atoms with Gasteiger partial charge in [-0.1, -0.05) is 12.1 Å². The van der Waals surface area contributed by atoms with Crippen LogP contribution in [0.2, 0.25) is 0 Å². The molecule has 4 fully saturated rings. The highest BCUT2D eigenvalue weighted by molar-refractivity contribution is 5.73. The van der Waals surface area contributed by atoms with Gasteiger partial charge in [-0.05, 0) is 92.6 Å². The number of nitrogens with zero attached hydrogens (tertiary/aromatic N) is 4. The van der Waals surface area contributed by atoms with Gasteiger partial charge in [-0.3, -0.25) is 9.69 Å². The van der Waals surface area contributed by atoms with Gasteiger partial charge in [-0.25, -0.2) is 13.6 Å². The molecule has 0 spiro atoms. The average Bonchev–Trinajstić information content (AvgIpc) is 3.46. The number of nitrogens with one attached hydrogen (secondary N) is 1. The molecule has 3 N–H and O–H groups in total. The first-order valence-corrected chi connectivity index (χ1v) is 17.0. The summed E-state index contributed by atoms with van der Waals surface area (Å²) in [6.07, 6.45) is 2.16. The molecule has 1 saturated carbocycles. The SMILES string of the molecule is CC(=O)NC[C@@](c1cccc(F)c1)(C1CCN(CC2CN(c3ccc(C#N)c(CN4CC(F)C4)c3)C2)CC1)[C@H]1CCC[C@@H]1OC(N)=O. The molecule has 252 valence electrons. The molecule has 3 heterocycles. The molecule has 9 nitrogen and oxygen atoms in total. The van der Waals surface area contributed by atoms with Crippen LogP contribution in [0.15, 0.2) is 42.5 Å². The molecule has 3 atom stereocenters. The Labute approximate surface area is 276 Å². The minimum Gasteiger partial charge on any atom is -0.446 e. The van der Waals surface area contributed by atoms with Crippen molar-refractivity contribution in [1.82, 2.24) is 15.1 Å². The van der Waals surface area contributed by atoms with Crippen molar-refractivity contribution in [3.63, 3.8) is 0 Å². The number of ether oxygens (including phenoxy) is 1. The van der Waals surface area contributed by atoms with Gasteiger partial charge in [-0.2, -0.15) is 5.26 Å². The Bertz CT molecular complexity index is 1480. The van der Waals surface area contributed by atoms with Crippen LogP contribution in [-0.2, 0) is 21.5 Å². The minimum atomic E-state index is -0.803. The molecule has 11 heteroatoms. The lowest BCUT2D eigenvalue weighted by molar-refractivity contribution is -0.119. The van der Waals surface area contributed by atoms with E-state index in [1.807, 2.05) is 23.1 Å². The predicted molar refractivity (Wildman–Crippen MR) is 175 cm³/mol. The summed E-state index contributed by atoms with van der Waals surface area (Å²) >= 11 is 0. The van der Waals surface area contributed by atoms with Crippen molar-refractivity contribution in [1.29, 1.82) is 5.26 Å². The minimum absolute atomic E-state index is 0.0998. The molecule has 0 unspecified atom stereocenters. The Kier molecular flexibility index (Phi) is 9.99.